The van der Waals surface area contributed by atoms with Crippen molar-refractivity contribution in [2.75, 3.05) is 6.54 Å². The molecule has 1 heterocycles. The molecule has 0 saturated heterocycles. The summed E-state index contributed by atoms with van der Waals surface area (Å²) in [6.07, 6.45) is 6.29. The van der Waals surface area contributed by atoms with E-state index >= 15 is 0 Å². The number of fused-ring (bicyclic) bond motifs is 2. The van der Waals surface area contributed by atoms with E-state index in [0.717, 1.165) is 12.8 Å². The first-order valence-electron chi connectivity index (χ1n) is 8.60. The van der Waals surface area contributed by atoms with Crippen LogP contribution in [0, 0.1) is 16.0 Å². The first-order chi connectivity index (χ1) is 12.1. The zero-order valence-corrected chi connectivity index (χ0v) is 13.9. The molecule has 2 atom stereocenters. The fourth-order valence-corrected chi connectivity index (χ4v) is 4.11. The SMILES string of the molecule is O=C(CCn1cc([N+](=O)[O-])cn1)NC[C@H]1C[C@]12CCc1ccccc12. The van der Waals surface area contributed by atoms with E-state index in [1.807, 2.05) is 0 Å². The van der Waals surface area contributed by atoms with Gasteiger partial charge in [0.15, 0.2) is 0 Å². The number of aryl methyl sites for hydroxylation is 2. The number of carbonyl (C=O) groups excluding carboxylic acids is 1. The minimum Gasteiger partial charge on any atom is -0.356 e. The van der Waals surface area contributed by atoms with Crippen LogP contribution in [0.15, 0.2) is 36.7 Å². The van der Waals surface area contributed by atoms with Gasteiger partial charge in [-0.1, -0.05) is 24.3 Å². The Morgan fingerprint density at radius 3 is 3.08 bits per heavy atom. The van der Waals surface area contributed by atoms with Crippen molar-refractivity contribution >= 4 is 11.6 Å². The molecular weight excluding hydrogens is 320 g/mol. The van der Waals surface area contributed by atoms with E-state index < -0.39 is 4.92 Å². The van der Waals surface area contributed by atoms with Crippen molar-refractivity contribution in [2.24, 2.45) is 5.92 Å². The van der Waals surface area contributed by atoms with Gasteiger partial charge in [0, 0.05) is 24.9 Å². The number of amides is 1. The number of nitro groups is 1. The maximum Gasteiger partial charge on any atom is 0.306 e. The highest BCUT2D eigenvalue weighted by molar-refractivity contribution is 5.75. The Morgan fingerprint density at radius 2 is 2.28 bits per heavy atom. The van der Waals surface area contributed by atoms with Crippen molar-refractivity contribution < 1.29 is 9.72 Å². The minimum atomic E-state index is -0.491. The standard InChI is InChI=1S/C18H20N4O3/c23-17(6-8-21-12-15(11-20-21)22(24)25)19-10-14-9-18(14)7-5-13-3-1-2-4-16(13)18/h1-4,11-12,14H,5-10H2,(H,19,23)/t14-,18-/m1/s1. The van der Waals surface area contributed by atoms with Gasteiger partial charge in [-0.2, -0.15) is 5.10 Å². The average molecular weight is 340 g/mol. The van der Waals surface area contributed by atoms with Crippen LogP contribution < -0.4 is 5.32 Å². The van der Waals surface area contributed by atoms with Crippen LogP contribution in [0.2, 0.25) is 0 Å². The highest BCUT2D eigenvalue weighted by atomic mass is 16.6. The molecule has 1 amide bonds. The summed E-state index contributed by atoms with van der Waals surface area (Å²) in [6.45, 7) is 1.05. The minimum absolute atomic E-state index is 0.0357. The Hall–Kier alpha value is -2.70. The van der Waals surface area contributed by atoms with Gasteiger partial charge in [-0.25, -0.2) is 0 Å². The first-order valence-corrected chi connectivity index (χ1v) is 8.60. The van der Waals surface area contributed by atoms with Gasteiger partial charge in [-0.3, -0.25) is 19.6 Å². The second kappa shape index (κ2) is 5.98. The number of nitrogens with one attached hydrogen (secondary N) is 1. The zero-order chi connectivity index (χ0) is 17.4. The maximum absolute atomic E-state index is 12.1. The Kier molecular flexibility index (Phi) is 3.78. The topological polar surface area (TPSA) is 90.1 Å². The van der Waals surface area contributed by atoms with Crippen molar-refractivity contribution in [3.8, 4) is 0 Å². The van der Waals surface area contributed by atoms with E-state index in [4.69, 9.17) is 0 Å². The van der Waals surface area contributed by atoms with Crippen LogP contribution in [0.3, 0.4) is 0 Å². The van der Waals surface area contributed by atoms with Crippen LogP contribution in [0.5, 0.6) is 0 Å². The number of hydrogen-bond donors (Lipinski definition) is 1. The lowest BCUT2D eigenvalue weighted by atomic mass is 9.95. The molecule has 0 unspecified atom stereocenters. The van der Waals surface area contributed by atoms with Crippen molar-refractivity contribution in [2.45, 2.75) is 37.6 Å². The molecule has 1 spiro atoms. The molecule has 25 heavy (non-hydrogen) atoms. The summed E-state index contributed by atoms with van der Waals surface area (Å²) in [5.74, 6) is 0.484. The third-order valence-corrected chi connectivity index (χ3v) is 5.57. The smallest absolute Gasteiger partial charge is 0.306 e. The van der Waals surface area contributed by atoms with E-state index in [-0.39, 0.29) is 23.4 Å². The summed E-state index contributed by atoms with van der Waals surface area (Å²) in [4.78, 5) is 22.2. The number of carbonyl (C=O) groups is 1. The number of aromatic nitrogens is 2. The second-order valence-corrected chi connectivity index (χ2v) is 6.99. The van der Waals surface area contributed by atoms with E-state index in [0.29, 0.717) is 19.0 Å². The Balaban J connectivity index is 1.26. The highest BCUT2D eigenvalue weighted by Crippen LogP contribution is 2.61. The van der Waals surface area contributed by atoms with Gasteiger partial charge in [0.1, 0.15) is 12.4 Å². The van der Waals surface area contributed by atoms with Gasteiger partial charge < -0.3 is 5.32 Å². The third-order valence-electron chi connectivity index (χ3n) is 5.57. The Bertz CT molecular complexity index is 831. The van der Waals surface area contributed by atoms with Crippen LogP contribution in [-0.2, 0) is 23.2 Å². The molecule has 0 radical (unpaired) electrons. The van der Waals surface area contributed by atoms with Crippen LogP contribution in [0.25, 0.3) is 0 Å². The van der Waals surface area contributed by atoms with E-state index in [1.54, 1.807) is 0 Å². The van der Waals surface area contributed by atoms with Gasteiger partial charge in [0.2, 0.25) is 5.91 Å². The van der Waals surface area contributed by atoms with Gasteiger partial charge in [0.05, 0.1) is 4.92 Å². The van der Waals surface area contributed by atoms with Gasteiger partial charge in [-0.15, -0.1) is 0 Å². The van der Waals surface area contributed by atoms with Crippen molar-refractivity contribution in [3.63, 3.8) is 0 Å². The number of nitrogens with zero attached hydrogens (tertiary/aromatic N) is 3. The Labute approximate surface area is 145 Å². The molecule has 0 bridgehead atoms. The van der Waals surface area contributed by atoms with E-state index in [2.05, 4.69) is 34.7 Å². The van der Waals surface area contributed by atoms with Crippen molar-refractivity contribution in [3.05, 3.63) is 57.9 Å². The van der Waals surface area contributed by atoms with Crippen molar-refractivity contribution in [1.82, 2.24) is 15.1 Å². The van der Waals surface area contributed by atoms with Gasteiger partial charge >= 0.3 is 5.69 Å². The summed E-state index contributed by atoms with van der Waals surface area (Å²) in [5.41, 5.74) is 3.15. The number of benzene rings is 1. The summed E-state index contributed by atoms with van der Waals surface area (Å²) in [5, 5.41) is 17.5. The molecule has 1 aromatic carbocycles. The summed E-state index contributed by atoms with van der Waals surface area (Å²) in [6, 6.07) is 8.63. The molecule has 1 saturated carbocycles. The summed E-state index contributed by atoms with van der Waals surface area (Å²) in [7, 11) is 0. The molecule has 0 aliphatic heterocycles. The molecule has 1 aromatic heterocycles. The predicted molar refractivity (Wildman–Crippen MR) is 91.1 cm³/mol. The second-order valence-electron chi connectivity index (χ2n) is 6.99. The monoisotopic (exact) mass is 340 g/mol. The Morgan fingerprint density at radius 1 is 1.44 bits per heavy atom. The summed E-state index contributed by atoms with van der Waals surface area (Å²) >= 11 is 0. The van der Waals surface area contributed by atoms with E-state index in [1.165, 1.54) is 34.6 Å². The summed E-state index contributed by atoms with van der Waals surface area (Å²) < 4.78 is 1.43. The predicted octanol–water partition coefficient (Wildman–Crippen LogP) is 2.20. The molecule has 2 aliphatic rings. The van der Waals surface area contributed by atoms with Crippen LogP contribution >= 0.6 is 0 Å². The van der Waals surface area contributed by atoms with E-state index in [9.17, 15) is 14.9 Å². The molecule has 1 N–H and O–H groups in total. The molecule has 4 rings (SSSR count). The first kappa shape index (κ1) is 15.8. The molecule has 7 nitrogen and oxygen atoms in total. The molecular formula is C18H20N4O3. The van der Waals surface area contributed by atoms with Gasteiger partial charge in [-0.05, 0) is 36.3 Å². The van der Waals surface area contributed by atoms with Crippen molar-refractivity contribution in [1.29, 1.82) is 0 Å². The number of rotatable bonds is 6. The lowest BCUT2D eigenvalue weighted by molar-refractivity contribution is -0.385. The fraction of sp³-hybridized carbons (Fsp3) is 0.444. The average Bonchev–Trinajstić information content (AvgIpc) is 2.94. The maximum atomic E-state index is 12.1. The number of hydrogen-bond acceptors (Lipinski definition) is 4. The van der Waals surface area contributed by atoms with Crippen LogP contribution in [0.4, 0.5) is 5.69 Å². The normalized spacial score (nSPS) is 23.4. The zero-order valence-electron chi connectivity index (χ0n) is 13.9. The quantitative estimate of drug-likeness (QED) is 0.645. The van der Waals surface area contributed by atoms with Crippen LogP contribution in [0.1, 0.15) is 30.4 Å². The van der Waals surface area contributed by atoms with Gasteiger partial charge in [0.25, 0.3) is 0 Å². The molecule has 130 valence electrons. The third kappa shape index (κ3) is 2.90. The van der Waals surface area contributed by atoms with Crippen LogP contribution in [-0.4, -0.2) is 27.2 Å². The fourth-order valence-electron chi connectivity index (χ4n) is 4.11. The molecule has 2 aliphatic carbocycles. The largest absolute Gasteiger partial charge is 0.356 e. The molecule has 2 aromatic rings. The lowest BCUT2D eigenvalue weighted by Crippen LogP contribution is -2.28. The lowest BCUT2D eigenvalue weighted by Gasteiger charge is -2.12. The highest BCUT2D eigenvalue weighted by Gasteiger charge is 2.57. The molecule has 1 fully saturated rings. The molecule has 7 heteroatoms.